The van der Waals surface area contributed by atoms with E-state index in [0.717, 1.165) is 18.4 Å². The summed E-state index contributed by atoms with van der Waals surface area (Å²) < 4.78 is 0. The van der Waals surface area contributed by atoms with Crippen molar-refractivity contribution in [2.45, 2.75) is 44.3 Å². The van der Waals surface area contributed by atoms with Crippen LogP contribution < -0.4 is 5.32 Å². The zero-order chi connectivity index (χ0) is 15.7. The van der Waals surface area contributed by atoms with Crippen LogP contribution in [0.1, 0.15) is 31.2 Å². The van der Waals surface area contributed by atoms with E-state index in [9.17, 15) is 14.4 Å². The van der Waals surface area contributed by atoms with E-state index in [4.69, 9.17) is 11.6 Å². The molecule has 1 aromatic rings. The highest BCUT2D eigenvalue weighted by Crippen LogP contribution is 2.24. The first-order valence-electron chi connectivity index (χ1n) is 7.43. The molecule has 2 fully saturated rings. The second-order valence-electron chi connectivity index (χ2n) is 5.82. The molecule has 1 N–H and O–H groups in total. The molecule has 0 radical (unpaired) electrons. The third kappa shape index (κ3) is 3.30. The van der Waals surface area contributed by atoms with Gasteiger partial charge in [-0.25, -0.2) is 0 Å². The zero-order valence-electron chi connectivity index (χ0n) is 12.0. The van der Waals surface area contributed by atoms with Crippen molar-refractivity contribution in [1.29, 1.82) is 0 Å². The monoisotopic (exact) mass is 320 g/mol. The van der Waals surface area contributed by atoms with E-state index in [1.807, 2.05) is 6.07 Å². The SMILES string of the molecule is O=C(NC1CC1)C(=O)C1CCC(=O)N1Cc1cccc(Cl)c1. The van der Waals surface area contributed by atoms with Gasteiger partial charge in [0.25, 0.3) is 5.91 Å². The maximum Gasteiger partial charge on any atom is 0.289 e. The van der Waals surface area contributed by atoms with Gasteiger partial charge in [0.15, 0.2) is 0 Å². The lowest BCUT2D eigenvalue weighted by Gasteiger charge is -2.23. The van der Waals surface area contributed by atoms with Crippen molar-refractivity contribution >= 4 is 29.2 Å². The zero-order valence-corrected chi connectivity index (χ0v) is 12.8. The molecule has 3 rings (SSSR count). The van der Waals surface area contributed by atoms with Crippen LogP contribution in [-0.2, 0) is 20.9 Å². The Labute approximate surface area is 133 Å². The molecule has 1 aromatic carbocycles. The second-order valence-corrected chi connectivity index (χ2v) is 6.25. The number of amides is 2. The summed E-state index contributed by atoms with van der Waals surface area (Å²) in [6, 6.07) is 6.64. The maximum atomic E-state index is 12.3. The number of Topliss-reactive ketones (excluding diaryl/α,β-unsaturated/α-hetero) is 1. The van der Waals surface area contributed by atoms with Crippen molar-refractivity contribution in [2.75, 3.05) is 0 Å². The number of carbonyl (C=O) groups is 3. The van der Waals surface area contributed by atoms with Crippen molar-refractivity contribution in [3.8, 4) is 0 Å². The standard InChI is InChI=1S/C16H17ClN2O3/c17-11-3-1-2-10(8-11)9-19-13(6-7-14(19)20)15(21)16(22)18-12-4-5-12/h1-3,8,12-13H,4-7,9H2,(H,18,22). The molecule has 1 aliphatic carbocycles. The van der Waals surface area contributed by atoms with Crippen LogP contribution in [0, 0.1) is 0 Å². The Morgan fingerprint density at radius 3 is 2.73 bits per heavy atom. The highest BCUT2D eigenvalue weighted by atomic mass is 35.5. The molecule has 1 aliphatic heterocycles. The molecule has 2 amide bonds. The number of hydrogen-bond acceptors (Lipinski definition) is 3. The summed E-state index contributed by atoms with van der Waals surface area (Å²) in [5, 5.41) is 3.27. The van der Waals surface area contributed by atoms with Crippen molar-refractivity contribution in [2.24, 2.45) is 0 Å². The number of ketones is 1. The van der Waals surface area contributed by atoms with Crippen molar-refractivity contribution < 1.29 is 14.4 Å². The third-order valence-corrected chi connectivity index (χ3v) is 4.24. The van der Waals surface area contributed by atoms with E-state index < -0.39 is 17.7 Å². The molecule has 116 valence electrons. The van der Waals surface area contributed by atoms with E-state index in [1.165, 1.54) is 4.90 Å². The summed E-state index contributed by atoms with van der Waals surface area (Å²) >= 11 is 5.95. The van der Waals surface area contributed by atoms with Gasteiger partial charge < -0.3 is 10.2 Å². The Bertz CT molecular complexity index is 628. The minimum Gasteiger partial charge on any atom is -0.347 e. The topological polar surface area (TPSA) is 66.5 Å². The molecule has 0 spiro atoms. The third-order valence-electron chi connectivity index (χ3n) is 4.01. The van der Waals surface area contributed by atoms with Crippen LogP contribution >= 0.6 is 11.6 Å². The Morgan fingerprint density at radius 1 is 1.27 bits per heavy atom. The summed E-state index contributed by atoms with van der Waals surface area (Å²) in [6.07, 6.45) is 2.55. The fourth-order valence-corrected chi connectivity index (χ4v) is 2.88. The van der Waals surface area contributed by atoms with E-state index in [-0.39, 0.29) is 11.9 Å². The first-order valence-corrected chi connectivity index (χ1v) is 7.81. The van der Waals surface area contributed by atoms with Gasteiger partial charge in [-0.3, -0.25) is 14.4 Å². The number of benzene rings is 1. The fourth-order valence-electron chi connectivity index (χ4n) is 2.67. The molecule has 2 aliphatic rings. The van der Waals surface area contributed by atoms with Crippen molar-refractivity contribution in [3.63, 3.8) is 0 Å². The van der Waals surface area contributed by atoms with Crippen LogP contribution in [0.4, 0.5) is 0 Å². The number of halogens is 1. The quantitative estimate of drug-likeness (QED) is 0.839. The molecule has 6 heteroatoms. The van der Waals surface area contributed by atoms with Crippen LogP contribution in [0.5, 0.6) is 0 Å². The predicted octanol–water partition coefficient (Wildman–Crippen LogP) is 1.68. The number of rotatable bonds is 5. The van der Waals surface area contributed by atoms with Crippen LogP contribution in [-0.4, -0.2) is 34.6 Å². The summed E-state index contributed by atoms with van der Waals surface area (Å²) in [4.78, 5) is 37.7. The molecule has 1 heterocycles. The largest absolute Gasteiger partial charge is 0.347 e. The number of hydrogen-bond donors (Lipinski definition) is 1. The van der Waals surface area contributed by atoms with Crippen LogP contribution in [0.15, 0.2) is 24.3 Å². The van der Waals surface area contributed by atoms with Gasteiger partial charge in [0.05, 0.1) is 0 Å². The molecule has 0 bridgehead atoms. The summed E-state index contributed by atoms with van der Waals surface area (Å²) in [5.74, 6) is -1.18. The average molecular weight is 321 g/mol. The van der Waals surface area contributed by atoms with E-state index in [2.05, 4.69) is 5.32 Å². The molecular formula is C16H17ClN2O3. The number of carbonyl (C=O) groups excluding carboxylic acids is 3. The number of nitrogens with zero attached hydrogens (tertiary/aromatic N) is 1. The molecular weight excluding hydrogens is 304 g/mol. The maximum absolute atomic E-state index is 12.3. The summed E-state index contributed by atoms with van der Waals surface area (Å²) in [6.45, 7) is 0.298. The van der Waals surface area contributed by atoms with Crippen LogP contribution in [0.25, 0.3) is 0 Å². The molecule has 22 heavy (non-hydrogen) atoms. The van der Waals surface area contributed by atoms with Gasteiger partial charge in [-0.15, -0.1) is 0 Å². The minimum atomic E-state index is -0.662. The predicted molar refractivity (Wildman–Crippen MR) is 81.2 cm³/mol. The van der Waals surface area contributed by atoms with Crippen molar-refractivity contribution in [1.82, 2.24) is 10.2 Å². The smallest absolute Gasteiger partial charge is 0.289 e. The fraction of sp³-hybridized carbons (Fsp3) is 0.438. The lowest BCUT2D eigenvalue weighted by Crippen LogP contribution is -2.45. The molecule has 1 atom stereocenters. The first-order chi connectivity index (χ1) is 10.5. The van der Waals surface area contributed by atoms with Gasteiger partial charge in [0, 0.05) is 24.0 Å². The Balaban J connectivity index is 1.71. The van der Waals surface area contributed by atoms with Gasteiger partial charge in [-0.2, -0.15) is 0 Å². The number of likely N-dealkylation sites (tertiary alicyclic amines) is 1. The van der Waals surface area contributed by atoms with E-state index in [0.29, 0.717) is 24.4 Å². The molecule has 1 saturated carbocycles. The van der Waals surface area contributed by atoms with Gasteiger partial charge in [0.2, 0.25) is 11.7 Å². The lowest BCUT2D eigenvalue weighted by atomic mass is 10.1. The normalized spacial score (nSPS) is 21.0. The average Bonchev–Trinajstić information content (AvgIpc) is 3.22. The van der Waals surface area contributed by atoms with Crippen LogP contribution in [0.3, 0.4) is 0 Å². The Hall–Kier alpha value is -1.88. The van der Waals surface area contributed by atoms with Gasteiger partial charge >= 0.3 is 0 Å². The van der Waals surface area contributed by atoms with E-state index >= 15 is 0 Å². The lowest BCUT2D eigenvalue weighted by molar-refractivity contribution is -0.143. The van der Waals surface area contributed by atoms with E-state index in [1.54, 1.807) is 18.2 Å². The molecule has 1 unspecified atom stereocenters. The molecule has 1 saturated heterocycles. The Kier molecular flexibility index (Phi) is 4.16. The number of nitrogens with one attached hydrogen (secondary N) is 1. The summed E-state index contributed by atoms with van der Waals surface area (Å²) in [5.41, 5.74) is 0.850. The van der Waals surface area contributed by atoms with Crippen molar-refractivity contribution in [3.05, 3.63) is 34.9 Å². The Morgan fingerprint density at radius 2 is 2.05 bits per heavy atom. The highest BCUT2D eigenvalue weighted by molar-refractivity contribution is 6.38. The van der Waals surface area contributed by atoms with Gasteiger partial charge in [-0.05, 0) is 37.0 Å². The highest BCUT2D eigenvalue weighted by Gasteiger charge is 2.39. The second kappa shape index (κ2) is 6.08. The van der Waals surface area contributed by atoms with Gasteiger partial charge in [0.1, 0.15) is 6.04 Å². The van der Waals surface area contributed by atoms with Crippen LogP contribution in [0.2, 0.25) is 5.02 Å². The molecule has 5 nitrogen and oxygen atoms in total. The molecule has 0 aromatic heterocycles. The minimum absolute atomic E-state index is 0.0995. The van der Waals surface area contributed by atoms with Gasteiger partial charge in [-0.1, -0.05) is 23.7 Å². The summed E-state index contributed by atoms with van der Waals surface area (Å²) in [7, 11) is 0. The first kappa shape index (κ1) is 15.0.